The van der Waals surface area contributed by atoms with Gasteiger partial charge in [-0.1, -0.05) is 0 Å². The van der Waals surface area contributed by atoms with E-state index in [0.717, 1.165) is 12.5 Å². The van der Waals surface area contributed by atoms with Gasteiger partial charge in [-0.15, -0.1) is 0 Å². The van der Waals surface area contributed by atoms with Gasteiger partial charge >= 0.3 is 5.97 Å². The highest BCUT2D eigenvalue weighted by Gasteiger charge is 2.35. The Labute approximate surface area is 117 Å². The Balaban J connectivity index is 2.58. The molecule has 4 nitrogen and oxygen atoms in total. The molecule has 0 heterocycles. The minimum absolute atomic E-state index is 0.292. The molecule has 4 heteroatoms. The Kier molecular flexibility index (Phi) is 5.81. The fourth-order valence-corrected chi connectivity index (χ4v) is 2.61. The van der Waals surface area contributed by atoms with Gasteiger partial charge in [-0.3, -0.25) is 9.69 Å². The van der Waals surface area contributed by atoms with E-state index in [-0.39, 0.29) is 5.97 Å². The Morgan fingerprint density at radius 3 is 2.42 bits per heavy atom. The molecule has 1 aliphatic carbocycles. The molecule has 0 aromatic carbocycles. The highest BCUT2D eigenvalue weighted by molar-refractivity contribution is 5.80. The van der Waals surface area contributed by atoms with Gasteiger partial charge in [0.05, 0.1) is 6.61 Å². The van der Waals surface area contributed by atoms with E-state index in [4.69, 9.17) is 10.5 Å². The zero-order chi connectivity index (χ0) is 14.6. The summed E-state index contributed by atoms with van der Waals surface area (Å²) in [4.78, 5) is 14.3. The second-order valence-electron chi connectivity index (χ2n) is 6.43. The number of hydrogen-bond donors (Lipinski definition) is 1. The molecule has 1 aliphatic rings. The number of nitrogens with zero attached hydrogens (tertiary/aromatic N) is 1. The van der Waals surface area contributed by atoms with Crippen LogP contribution in [0.3, 0.4) is 0 Å². The molecule has 1 rings (SSSR count). The van der Waals surface area contributed by atoms with Crippen molar-refractivity contribution in [2.75, 3.05) is 13.2 Å². The van der Waals surface area contributed by atoms with Gasteiger partial charge in [-0.25, -0.2) is 0 Å². The summed E-state index contributed by atoms with van der Waals surface area (Å²) in [5, 5.41) is 0. The van der Waals surface area contributed by atoms with Crippen LogP contribution in [0.2, 0.25) is 0 Å². The fraction of sp³-hybridized carbons (Fsp3) is 0.933. The zero-order valence-corrected chi connectivity index (χ0v) is 13.1. The van der Waals surface area contributed by atoms with Crippen molar-refractivity contribution in [2.24, 2.45) is 11.7 Å². The summed E-state index contributed by atoms with van der Waals surface area (Å²) in [5.74, 6) is 0.549. The minimum atomic E-state index is -0.897. The molecule has 1 saturated carbocycles. The van der Waals surface area contributed by atoms with Crippen molar-refractivity contribution < 1.29 is 9.53 Å². The summed E-state index contributed by atoms with van der Waals surface area (Å²) < 4.78 is 5.06. The highest BCUT2D eigenvalue weighted by Crippen LogP contribution is 2.31. The molecule has 0 aromatic heterocycles. The number of ether oxygens (including phenoxy) is 1. The van der Waals surface area contributed by atoms with Crippen LogP contribution in [0.25, 0.3) is 0 Å². The number of hydrogen-bond acceptors (Lipinski definition) is 4. The van der Waals surface area contributed by atoms with Crippen molar-refractivity contribution in [1.82, 2.24) is 4.90 Å². The van der Waals surface area contributed by atoms with Crippen molar-refractivity contribution in [2.45, 2.75) is 71.5 Å². The van der Waals surface area contributed by atoms with Crippen LogP contribution in [0.4, 0.5) is 0 Å². The number of carbonyl (C=O) groups is 1. The lowest BCUT2D eigenvalue weighted by molar-refractivity contribution is -0.149. The van der Waals surface area contributed by atoms with E-state index >= 15 is 0 Å². The second kappa shape index (κ2) is 6.71. The van der Waals surface area contributed by atoms with Crippen LogP contribution in [0.5, 0.6) is 0 Å². The third-order valence-electron chi connectivity index (χ3n) is 3.86. The largest absolute Gasteiger partial charge is 0.465 e. The van der Waals surface area contributed by atoms with E-state index in [1.165, 1.54) is 12.8 Å². The van der Waals surface area contributed by atoms with Crippen LogP contribution >= 0.6 is 0 Å². The summed E-state index contributed by atoms with van der Waals surface area (Å²) >= 11 is 0. The predicted octanol–water partition coefficient (Wildman–Crippen LogP) is 2.17. The van der Waals surface area contributed by atoms with Gasteiger partial charge in [0.25, 0.3) is 0 Å². The Bertz CT molecular complexity index is 299. The molecule has 0 saturated heterocycles. The van der Waals surface area contributed by atoms with Gasteiger partial charge in [-0.05, 0) is 59.8 Å². The normalized spacial score (nSPS) is 20.4. The van der Waals surface area contributed by atoms with Gasteiger partial charge in [0, 0.05) is 18.6 Å². The van der Waals surface area contributed by atoms with Gasteiger partial charge in [-0.2, -0.15) is 0 Å². The van der Waals surface area contributed by atoms with Crippen LogP contribution in [0.15, 0.2) is 0 Å². The molecule has 2 N–H and O–H groups in total. The molecular formula is C15H30N2O2. The molecule has 112 valence electrons. The quantitative estimate of drug-likeness (QED) is 0.687. The first kappa shape index (κ1) is 16.4. The molecule has 0 spiro atoms. The molecule has 0 bridgehead atoms. The standard InChI is InChI=1S/C15H30N2O2/c1-6-19-14(18)15(5,16)9-12(4)17(11(2)3)10-13-7-8-13/h11-13H,6-10,16H2,1-5H3. The molecule has 1 fully saturated rings. The minimum Gasteiger partial charge on any atom is -0.465 e. The number of carbonyl (C=O) groups excluding carboxylic acids is 1. The van der Waals surface area contributed by atoms with Crippen LogP contribution in [0, 0.1) is 5.92 Å². The molecule has 2 atom stereocenters. The van der Waals surface area contributed by atoms with Crippen molar-refractivity contribution >= 4 is 5.97 Å². The maximum absolute atomic E-state index is 11.9. The van der Waals surface area contributed by atoms with E-state index in [0.29, 0.717) is 25.1 Å². The van der Waals surface area contributed by atoms with E-state index in [1.54, 1.807) is 6.92 Å². The lowest BCUT2D eigenvalue weighted by Gasteiger charge is -2.36. The highest BCUT2D eigenvalue weighted by atomic mass is 16.5. The Morgan fingerprint density at radius 1 is 1.42 bits per heavy atom. The van der Waals surface area contributed by atoms with Gasteiger partial charge < -0.3 is 10.5 Å². The van der Waals surface area contributed by atoms with E-state index in [2.05, 4.69) is 25.7 Å². The third kappa shape index (κ3) is 5.11. The van der Waals surface area contributed by atoms with E-state index in [1.807, 2.05) is 6.92 Å². The molecule has 2 unspecified atom stereocenters. The zero-order valence-electron chi connectivity index (χ0n) is 13.1. The van der Waals surface area contributed by atoms with Crippen molar-refractivity contribution in [3.05, 3.63) is 0 Å². The van der Waals surface area contributed by atoms with Crippen LogP contribution < -0.4 is 5.73 Å². The lowest BCUT2D eigenvalue weighted by Crippen LogP contribution is -2.52. The first-order valence-corrected chi connectivity index (χ1v) is 7.49. The lowest BCUT2D eigenvalue weighted by atomic mass is 9.93. The van der Waals surface area contributed by atoms with Gasteiger partial charge in [0.1, 0.15) is 5.54 Å². The average Bonchev–Trinajstić information content (AvgIpc) is 3.08. The first-order chi connectivity index (χ1) is 8.77. The van der Waals surface area contributed by atoms with Crippen LogP contribution in [-0.4, -0.2) is 41.6 Å². The summed E-state index contributed by atoms with van der Waals surface area (Å²) in [6.07, 6.45) is 3.32. The van der Waals surface area contributed by atoms with Crippen molar-refractivity contribution in [3.8, 4) is 0 Å². The average molecular weight is 270 g/mol. The monoisotopic (exact) mass is 270 g/mol. The molecule has 0 aliphatic heterocycles. The van der Waals surface area contributed by atoms with Crippen LogP contribution in [0.1, 0.15) is 53.9 Å². The smallest absolute Gasteiger partial charge is 0.325 e. The summed E-state index contributed by atoms with van der Waals surface area (Å²) in [6, 6.07) is 0.772. The number of nitrogens with two attached hydrogens (primary N) is 1. The summed E-state index contributed by atoms with van der Waals surface area (Å²) in [5.41, 5.74) is 5.23. The molecule has 19 heavy (non-hydrogen) atoms. The van der Waals surface area contributed by atoms with Crippen molar-refractivity contribution in [3.63, 3.8) is 0 Å². The van der Waals surface area contributed by atoms with Crippen molar-refractivity contribution in [1.29, 1.82) is 0 Å². The molecule has 0 aromatic rings. The maximum Gasteiger partial charge on any atom is 0.325 e. The Morgan fingerprint density at radius 2 is 2.00 bits per heavy atom. The van der Waals surface area contributed by atoms with E-state index < -0.39 is 5.54 Å². The topological polar surface area (TPSA) is 55.6 Å². The third-order valence-corrected chi connectivity index (χ3v) is 3.86. The number of rotatable bonds is 8. The summed E-state index contributed by atoms with van der Waals surface area (Å²) in [6.45, 7) is 11.7. The molecule has 0 amide bonds. The van der Waals surface area contributed by atoms with Crippen LogP contribution in [-0.2, 0) is 9.53 Å². The Hall–Kier alpha value is -0.610. The SMILES string of the molecule is CCOC(=O)C(C)(N)CC(C)N(CC1CC1)C(C)C. The van der Waals surface area contributed by atoms with Gasteiger partial charge in [0.2, 0.25) is 0 Å². The molecule has 0 radical (unpaired) electrons. The summed E-state index contributed by atoms with van der Waals surface area (Å²) in [7, 11) is 0. The molecular weight excluding hydrogens is 240 g/mol. The second-order valence-corrected chi connectivity index (χ2v) is 6.43. The van der Waals surface area contributed by atoms with E-state index in [9.17, 15) is 4.79 Å². The van der Waals surface area contributed by atoms with Gasteiger partial charge in [0.15, 0.2) is 0 Å². The maximum atomic E-state index is 11.9. The number of esters is 1. The fourth-order valence-electron chi connectivity index (χ4n) is 2.61. The predicted molar refractivity (Wildman–Crippen MR) is 77.9 cm³/mol. The first-order valence-electron chi connectivity index (χ1n) is 7.49.